The molecule has 0 amide bonds. The van der Waals surface area contributed by atoms with Crippen LogP contribution < -0.4 is 10.6 Å². The summed E-state index contributed by atoms with van der Waals surface area (Å²) in [4.78, 5) is 0. The summed E-state index contributed by atoms with van der Waals surface area (Å²) in [5, 5.41) is 3.17. The van der Waals surface area contributed by atoms with E-state index in [0.717, 1.165) is 6.42 Å². The van der Waals surface area contributed by atoms with Gasteiger partial charge in [0.1, 0.15) is 0 Å². The predicted molar refractivity (Wildman–Crippen MR) is 109 cm³/mol. The summed E-state index contributed by atoms with van der Waals surface area (Å²) in [6.45, 7) is 9.41. The van der Waals surface area contributed by atoms with Crippen molar-refractivity contribution in [2.45, 2.75) is 39.3 Å². The molecule has 3 rings (SSSR count). The van der Waals surface area contributed by atoms with Crippen LogP contribution in [0.1, 0.15) is 31.4 Å². The molecule has 118 valence electrons. The van der Waals surface area contributed by atoms with Crippen molar-refractivity contribution in [3.8, 4) is 0 Å². The summed E-state index contributed by atoms with van der Waals surface area (Å²) in [6.07, 6.45) is 5.70. The van der Waals surface area contributed by atoms with E-state index in [1.807, 2.05) is 0 Å². The first kappa shape index (κ1) is 17.8. The fraction of sp³-hybridized carbons (Fsp3) is 0.273. The van der Waals surface area contributed by atoms with Gasteiger partial charge in [-0.05, 0) is 0 Å². The zero-order valence-electron chi connectivity index (χ0n) is 15.4. The van der Waals surface area contributed by atoms with Gasteiger partial charge in [0.2, 0.25) is 0 Å². The van der Waals surface area contributed by atoms with Crippen LogP contribution in [0.3, 0.4) is 0 Å². The number of benzene rings is 2. The molecule has 0 fully saturated rings. The Morgan fingerprint density at radius 2 is 1.38 bits per heavy atom. The normalized spacial score (nSPS) is 14.8. The minimum atomic E-state index is -0.471. The van der Waals surface area contributed by atoms with Gasteiger partial charge in [-0.2, -0.15) is 0 Å². The van der Waals surface area contributed by atoms with E-state index in [0.29, 0.717) is 0 Å². The van der Waals surface area contributed by atoms with Crippen molar-refractivity contribution in [2.24, 2.45) is 0 Å². The van der Waals surface area contributed by atoms with Crippen LogP contribution in [0.25, 0.3) is 0 Å². The molecule has 2 aromatic carbocycles. The summed E-state index contributed by atoms with van der Waals surface area (Å²) in [6, 6.07) is 17.9. The third kappa shape index (κ3) is 3.21. The molecule has 24 heavy (non-hydrogen) atoms. The summed E-state index contributed by atoms with van der Waals surface area (Å²) in [5.74, 6) is 0. The molecule has 0 bridgehead atoms. The Hall–Kier alpha value is -1.05. The number of hydrogen-bond acceptors (Lipinski definition) is 0. The van der Waals surface area contributed by atoms with Crippen molar-refractivity contribution in [1.82, 2.24) is 0 Å². The van der Waals surface area contributed by atoms with Crippen LogP contribution in [-0.2, 0) is 0 Å². The van der Waals surface area contributed by atoms with Gasteiger partial charge >= 0.3 is 157 Å². The quantitative estimate of drug-likeness (QED) is 0.554. The van der Waals surface area contributed by atoms with Gasteiger partial charge in [-0.25, -0.2) is 0 Å². The molecule has 0 unspecified atom stereocenters. The van der Waals surface area contributed by atoms with Crippen LogP contribution in [0, 0.1) is 13.8 Å². The molecule has 0 saturated carbocycles. The van der Waals surface area contributed by atoms with E-state index < -0.39 is 7.92 Å². The van der Waals surface area contributed by atoms with Crippen LogP contribution in [0.2, 0.25) is 0 Å². The van der Waals surface area contributed by atoms with Gasteiger partial charge < -0.3 is 0 Å². The van der Waals surface area contributed by atoms with Crippen molar-refractivity contribution in [3.05, 3.63) is 81.6 Å². The van der Waals surface area contributed by atoms with E-state index in [2.05, 4.69) is 106 Å². The monoisotopic (exact) mass is 326 g/mol. The van der Waals surface area contributed by atoms with Crippen LogP contribution in [0.5, 0.6) is 0 Å². The Labute approximate surface area is 157 Å². The van der Waals surface area contributed by atoms with Gasteiger partial charge in [0, 0.05) is 0 Å². The van der Waals surface area contributed by atoms with E-state index in [9.17, 15) is 0 Å². The third-order valence-corrected chi connectivity index (χ3v) is 8.53. The average molecular weight is 326 g/mol. The Kier molecular flexibility index (Phi) is 5.22. The number of hydrogen-bond donors (Lipinski definition) is 0. The molecule has 0 radical (unpaired) electrons. The van der Waals surface area contributed by atoms with Gasteiger partial charge in [-0.1, -0.05) is 0 Å². The molecule has 1 aliphatic carbocycles. The van der Waals surface area contributed by atoms with Gasteiger partial charge in [0.15, 0.2) is 0 Å². The SMILES string of the molecule is [Li][C]1=C(C(C)(C)P(c2ccccc2C)c2ccccc2C)CC=C1. The molecule has 0 aliphatic heterocycles. The number of rotatable bonds is 4. The second-order valence-corrected chi connectivity index (χ2v) is 9.99. The molecule has 0 aromatic heterocycles. The molecule has 1 aliphatic rings. The van der Waals surface area contributed by atoms with Gasteiger partial charge in [-0.3, -0.25) is 0 Å². The molecule has 0 nitrogen and oxygen atoms in total. The van der Waals surface area contributed by atoms with Crippen molar-refractivity contribution < 1.29 is 0 Å². The number of allylic oxidation sites excluding steroid dienone is 4. The molecule has 0 N–H and O–H groups in total. The first-order chi connectivity index (χ1) is 11.4. The molecule has 2 aromatic rings. The Bertz CT molecular complexity index is 769. The molecular weight excluding hydrogens is 302 g/mol. The van der Waals surface area contributed by atoms with Crippen LogP contribution >= 0.6 is 7.92 Å². The van der Waals surface area contributed by atoms with Crippen LogP contribution in [-0.4, -0.2) is 22.9 Å². The molecule has 0 saturated heterocycles. The average Bonchev–Trinajstić information content (AvgIpc) is 2.98. The van der Waals surface area contributed by atoms with Gasteiger partial charge in [0.05, 0.1) is 0 Å². The topological polar surface area (TPSA) is 0 Å². The van der Waals surface area contributed by atoms with E-state index in [4.69, 9.17) is 0 Å². The second-order valence-electron chi connectivity index (χ2n) is 7.24. The van der Waals surface area contributed by atoms with Gasteiger partial charge in [0.25, 0.3) is 0 Å². The number of aryl methyl sites for hydroxylation is 2. The van der Waals surface area contributed by atoms with Crippen molar-refractivity contribution in [1.29, 1.82) is 0 Å². The summed E-state index contributed by atoms with van der Waals surface area (Å²) in [7, 11) is -0.471. The Morgan fingerprint density at radius 1 is 0.875 bits per heavy atom. The van der Waals surface area contributed by atoms with E-state index >= 15 is 0 Å². The summed E-state index contributed by atoms with van der Waals surface area (Å²) >= 11 is 2.27. The predicted octanol–water partition coefficient (Wildman–Crippen LogP) is 4.90. The maximum atomic E-state index is 2.45. The second kappa shape index (κ2) is 7.05. The fourth-order valence-electron chi connectivity index (χ4n) is 3.84. The Balaban J connectivity index is 2.22. The van der Waals surface area contributed by atoms with E-state index in [1.54, 1.807) is 5.57 Å². The molecule has 0 heterocycles. The maximum absolute atomic E-state index is 2.45. The fourth-order valence-corrected chi connectivity index (χ4v) is 7.17. The zero-order valence-corrected chi connectivity index (χ0v) is 16.3. The standard InChI is InChI=1S/C22H24P.Li/c1-17-11-5-9-15-20(17)23(21-16-10-6-12-18(21)2)22(3,4)19-13-7-8-14-19;/h5-12,15-16H,13H2,1-4H3;. The first-order valence-electron chi connectivity index (χ1n) is 8.71. The van der Waals surface area contributed by atoms with Gasteiger partial charge in [-0.15, -0.1) is 0 Å². The van der Waals surface area contributed by atoms with Crippen molar-refractivity contribution in [2.75, 3.05) is 0 Å². The van der Waals surface area contributed by atoms with Crippen LogP contribution in [0.4, 0.5) is 0 Å². The molecular formula is C22H24LiP. The van der Waals surface area contributed by atoms with E-state index in [-0.39, 0.29) is 5.16 Å². The minimum absolute atomic E-state index is 0.140. The van der Waals surface area contributed by atoms with Crippen molar-refractivity contribution >= 4 is 36.2 Å². The molecule has 0 atom stereocenters. The molecule has 0 spiro atoms. The summed E-state index contributed by atoms with van der Waals surface area (Å²) in [5.41, 5.74) is 4.41. The van der Waals surface area contributed by atoms with E-state index in [1.165, 1.54) is 26.0 Å². The third-order valence-electron chi connectivity index (χ3n) is 5.18. The van der Waals surface area contributed by atoms with Crippen molar-refractivity contribution in [3.63, 3.8) is 0 Å². The molecule has 2 heteroatoms. The summed E-state index contributed by atoms with van der Waals surface area (Å²) < 4.78 is 1.45. The first-order valence-corrected chi connectivity index (χ1v) is 10.1. The zero-order chi connectivity index (χ0) is 17.3. The Morgan fingerprint density at radius 3 is 1.79 bits per heavy atom. The van der Waals surface area contributed by atoms with Crippen LogP contribution in [0.15, 0.2) is 70.5 Å².